The molecule has 0 aliphatic heterocycles. The van der Waals surface area contributed by atoms with Crippen molar-refractivity contribution < 1.29 is 19.0 Å². The van der Waals surface area contributed by atoms with E-state index in [2.05, 4.69) is 12.1 Å². The van der Waals surface area contributed by atoms with E-state index in [4.69, 9.17) is 14.2 Å². The van der Waals surface area contributed by atoms with Crippen LogP contribution in [-0.4, -0.2) is 38.2 Å². The zero-order chi connectivity index (χ0) is 19.2. The fourth-order valence-corrected chi connectivity index (χ4v) is 3.26. The number of benzene rings is 2. The van der Waals surface area contributed by atoms with Gasteiger partial charge in [0, 0.05) is 19.0 Å². The Kier molecular flexibility index (Phi) is 6.22. The molecule has 27 heavy (non-hydrogen) atoms. The van der Waals surface area contributed by atoms with Crippen LogP contribution in [0.4, 0.5) is 0 Å². The summed E-state index contributed by atoms with van der Waals surface area (Å²) in [4.78, 5) is 14.9. The fraction of sp³-hybridized carbons (Fsp3) is 0.409. The molecule has 1 fully saturated rings. The first kappa shape index (κ1) is 19.1. The van der Waals surface area contributed by atoms with Crippen LogP contribution in [0.15, 0.2) is 42.5 Å². The lowest BCUT2D eigenvalue weighted by atomic mass is 10.1. The maximum absolute atomic E-state index is 12.9. The number of carbonyl (C=O) groups excluding carboxylic acids is 1. The Hall–Kier alpha value is -2.69. The van der Waals surface area contributed by atoms with Crippen LogP contribution in [0.2, 0.25) is 0 Å². The van der Waals surface area contributed by atoms with Crippen LogP contribution in [0.3, 0.4) is 0 Å². The molecule has 0 bridgehead atoms. The molecular weight excluding hydrogens is 342 g/mol. The highest BCUT2D eigenvalue weighted by atomic mass is 16.5. The topological polar surface area (TPSA) is 48.0 Å². The van der Waals surface area contributed by atoms with Gasteiger partial charge in [0.2, 0.25) is 11.7 Å². The summed E-state index contributed by atoms with van der Waals surface area (Å²) in [6, 6.07) is 14.4. The average Bonchev–Trinajstić information content (AvgIpc) is 3.55. The van der Waals surface area contributed by atoms with Gasteiger partial charge in [-0.1, -0.05) is 30.3 Å². The standard InChI is InChI=1S/C22H27NO4/c1-25-19-13-17(14-20(26-2)22(19)27-3)9-12-21(24)23(18-10-11-18)15-16-7-5-4-6-8-16/h4-8,13-14,18H,9-12,15H2,1-3H3. The molecule has 3 rings (SSSR count). The largest absolute Gasteiger partial charge is 0.493 e. The summed E-state index contributed by atoms with van der Waals surface area (Å²) < 4.78 is 16.2. The molecule has 1 aliphatic carbocycles. The number of nitrogens with zero attached hydrogens (tertiary/aromatic N) is 1. The summed E-state index contributed by atoms with van der Waals surface area (Å²) in [5.74, 6) is 1.99. The van der Waals surface area contributed by atoms with Gasteiger partial charge in [-0.3, -0.25) is 4.79 Å². The van der Waals surface area contributed by atoms with Gasteiger partial charge in [-0.15, -0.1) is 0 Å². The summed E-state index contributed by atoms with van der Waals surface area (Å²) in [5, 5.41) is 0. The maximum atomic E-state index is 12.9. The molecule has 0 atom stereocenters. The van der Waals surface area contributed by atoms with Crippen molar-refractivity contribution in [3.8, 4) is 17.2 Å². The highest BCUT2D eigenvalue weighted by Gasteiger charge is 2.32. The van der Waals surface area contributed by atoms with E-state index < -0.39 is 0 Å². The van der Waals surface area contributed by atoms with Crippen molar-refractivity contribution in [2.24, 2.45) is 0 Å². The van der Waals surface area contributed by atoms with Gasteiger partial charge in [0.25, 0.3) is 0 Å². The van der Waals surface area contributed by atoms with Gasteiger partial charge in [-0.05, 0) is 42.5 Å². The molecule has 144 valence electrons. The summed E-state index contributed by atoms with van der Waals surface area (Å²) in [5.41, 5.74) is 2.17. The molecular formula is C22H27NO4. The second-order valence-electron chi connectivity index (χ2n) is 6.77. The van der Waals surface area contributed by atoms with E-state index in [-0.39, 0.29) is 5.91 Å². The fourth-order valence-electron chi connectivity index (χ4n) is 3.26. The highest BCUT2D eigenvalue weighted by molar-refractivity contribution is 5.77. The van der Waals surface area contributed by atoms with Crippen molar-refractivity contribution in [1.82, 2.24) is 4.90 Å². The molecule has 5 heteroatoms. The van der Waals surface area contributed by atoms with Gasteiger partial charge in [-0.2, -0.15) is 0 Å². The van der Waals surface area contributed by atoms with Crippen LogP contribution in [0.25, 0.3) is 0 Å². The predicted octanol–water partition coefficient (Wildman–Crippen LogP) is 3.84. The lowest BCUT2D eigenvalue weighted by molar-refractivity contribution is -0.132. The zero-order valence-electron chi connectivity index (χ0n) is 16.2. The maximum Gasteiger partial charge on any atom is 0.223 e. The number of hydrogen-bond acceptors (Lipinski definition) is 4. The van der Waals surface area contributed by atoms with Crippen molar-refractivity contribution >= 4 is 5.91 Å². The van der Waals surface area contributed by atoms with Crippen molar-refractivity contribution in [1.29, 1.82) is 0 Å². The quantitative estimate of drug-likeness (QED) is 0.674. The molecule has 0 radical (unpaired) electrons. The van der Waals surface area contributed by atoms with Crippen LogP contribution in [0, 0.1) is 0 Å². The molecule has 5 nitrogen and oxygen atoms in total. The van der Waals surface area contributed by atoms with Crippen LogP contribution in [-0.2, 0) is 17.8 Å². The van der Waals surface area contributed by atoms with E-state index in [0.717, 1.165) is 18.4 Å². The molecule has 0 spiro atoms. The number of methoxy groups -OCH3 is 3. The number of aryl methyl sites for hydroxylation is 1. The first-order chi connectivity index (χ1) is 13.2. The first-order valence-electron chi connectivity index (χ1n) is 9.28. The summed E-state index contributed by atoms with van der Waals surface area (Å²) in [6.45, 7) is 0.680. The molecule has 0 heterocycles. The van der Waals surface area contributed by atoms with Crippen LogP contribution < -0.4 is 14.2 Å². The molecule has 0 aromatic heterocycles. The van der Waals surface area contributed by atoms with Crippen molar-refractivity contribution in [3.63, 3.8) is 0 Å². The molecule has 1 saturated carbocycles. The normalized spacial score (nSPS) is 13.1. The average molecular weight is 369 g/mol. The van der Waals surface area contributed by atoms with Crippen LogP contribution in [0.5, 0.6) is 17.2 Å². The Morgan fingerprint density at radius 3 is 2.11 bits per heavy atom. The Bertz CT molecular complexity index is 746. The Morgan fingerprint density at radius 2 is 1.59 bits per heavy atom. The number of amides is 1. The van der Waals surface area contributed by atoms with Gasteiger partial charge >= 0.3 is 0 Å². The molecule has 2 aromatic carbocycles. The highest BCUT2D eigenvalue weighted by Crippen LogP contribution is 2.38. The number of ether oxygens (including phenoxy) is 3. The number of hydrogen-bond donors (Lipinski definition) is 0. The van der Waals surface area contributed by atoms with Crippen molar-refractivity contribution in [2.75, 3.05) is 21.3 Å². The molecule has 0 N–H and O–H groups in total. The Morgan fingerprint density at radius 1 is 0.963 bits per heavy atom. The first-order valence-corrected chi connectivity index (χ1v) is 9.28. The number of rotatable bonds is 9. The Labute approximate surface area is 160 Å². The minimum atomic E-state index is 0.190. The van der Waals surface area contributed by atoms with Gasteiger partial charge < -0.3 is 19.1 Å². The minimum absolute atomic E-state index is 0.190. The lowest BCUT2D eigenvalue weighted by Crippen LogP contribution is -2.32. The van der Waals surface area contributed by atoms with Crippen molar-refractivity contribution in [2.45, 2.75) is 38.3 Å². The molecule has 1 aliphatic rings. The second kappa shape index (κ2) is 8.80. The molecule has 2 aromatic rings. The smallest absolute Gasteiger partial charge is 0.223 e. The third-order valence-corrected chi connectivity index (χ3v) is 4.86. The van der Waals surface area contributed by atoms with Gasteiger partial charge in [0.05, 0.1) is 21.3 Å². The second-order valence-corrected chi connectivity index (χ2v) is 6.77. The molecule has 1 amide bonds. The van der Waals surface area contributed by atoms with Crippen LogP contribution in [0.1, 0.15) is 30.4 Å². The van der Waals surface area contributed by atoms with E-state index in [1.165, 1.54) is 5.56 Å². The zero-order valence-corrected chi connectivity index (χ0v) is 16.2. The third-order valence-electron chi connectivity index (χ3n) is 4.86. The summed E-state index contributed by atoms with van der Waals surface area (Å²) in [6.07, 6.45) is 3.29. The molecule has 0 saturated heterocycles. The van der Waals surface area contributed by atoms with Gasteiger partial charge in [0.1, 0.15) is 0 Å². The third kappa shape index (κ3) is 4.73. The number of carbonyl (C=O) groups is 1. The van der Waals surface area contributed by atoms with E-state index in [0.29, 0.717) is 42.7 Å². The summed E-state index contributed by atoms with van der Waals surface area (Å²) >= 11 is 0. The van der Waals surface area contributed by atoms with Gasteiger partial charge in [0.15, 0.2) is 11.5 Å². The van der Waals surface area contributed by atoms with Crippen LogP contribution >= 0.6 is 0 Å². The van der Waals surface area contributed by atoms with E-state index in [1.807, 2.05) is 35.2 Å². The predicted molar refractivity (Wildman–Crippen MR) is 104 cm³/mol. The lowest BCUT2D eigenvalue weighted by Gasteiger charge is -2.23. The Balaban J connectivity index is 1.68. The van der Waals surface area contributed by atoms with E-state index >= 15 is 0 Å². The minimum Gasteiger partial charge on any atom is -0.493 e. The van der Waals surface area contributed by atoms with E-state index in [1.54, 1.807) is 21.3 Å². The van der Waals surface area contributed by atoms with E-state index in [9.17, 15) is 4.79 Å². The SMILES string of the molecule is COc1cc(CCC(=O)N(Cc2ccccc2)C2CC2)cc(OC)c1OC. The summed E-state index contributed by atoms with van der Waals surface area (Å²) in [7, 11) is 4.78. The molecule has 0 unspecified atom stereocenters. The van der Waals surface area contributed by atoms with Gasteiger partial charge in [-0.25, -0.2) is 0 Å². The van der Waals surface area contributed by atoms with Crippen molar-refractivity contribution in [3.05, 3.63) is 53.6 Å². The monoisotopic (exact) mass is 369 g/mol.